The first-order valence-corrected chi connectivity index (χ1v) is 8.11. The molecule has 0 saturated heterocycles. The van der Waals surface area contributed by atoms with Gasteiger partial charge in [-0.25, -0.2) is 0 Å². The number of hydrogen-bond acceptors (Lipinski definition) is 5. The number of aryl methyl sites for hydroxylation is 1. The second kappa shape index (κ2) is 6.54. The Morgan fingerprint density at radius 1 is 1.20 bits per heavy atom. The number of nitrogens with one attached hydrogen (secondary N) is 1. The van der Waals surface area contributed by atoms with Gasteiger partial charge in [0.2, 0.25) is 5.91 Å². The van der Waals surface area contributed by atoms with E-state index in [2.05, 4.69) is 15.5 Å². The highest BCUT2D eigenvalue weighted by Gasteiger charge is 2.36. The maximum atomic E-state index is 13.0. The fourth-order valence-corrected chi connectivity index (χ4v) is 2.99. The zero-order chi connectivity index (χ0) is 18.1. The summed E-state index contributed by atoms with van der Waals surface area (Å²) < 4.78 is 1.89. The van der Waals surface area contributed by atoms with Crippen LogP contribution in [-0.2, 0) is 17.9 Å². The van der Waals surface area contributed by atoms with E-state index in [9.17, 15) is 9.59 Å². The lowest BCUT2D eigenvalue weighted by Crippen LogP contribution is -2.53. The third kappa shape index (κ3) is 3.07. The van der Waals surface area contributed by atoms with Crippen LogP contribution in [0.1, 0.15) is 22.0 Å². The lowest BCUT2D eigenvalue weighted by Gasteiger charge is -2.35. The molecule has 1 atom stereocenters. The summed E-state index contributed by atoms with van der Waals surface area (Å²) in [5.74, 6) is 1.05. The highest BCUT2D eigenvalue weighted by atomic mass is 16.2. The van der Waals surface area contributed by atoms with Gasteiger partial charge < -0.3 is 19.7 Å². The van der Waals surface area contributed by atoms with Crippen molar-refractivity contribution >= 4 is 17.5 Å². The van der Waals surface area contributed by atoms with E-state index in [0.717, 1.165) is 11.5 Å². The number of likely N-dealkylation sites (N-methyl/N-ethyl adjacent to an activating group) is 1. The lowest BCUT2D eigenvalue weighted by molar-refractivity contribution is -0.126. The lowest BCUT2D eigenvalue weighted by atomic mass is 10.1. The Labute approximate surface area is 146 Å². The van der Waals surface area contributed by atoms with Crippen molar-refractivity contribution in [1.29, 1.82) is 0 Å². The van der Waals surface area contributed by atoms with Gasteiger partial charge in [0.25, 0.3) is 5.91 Å². The van der Waals surface area contributed by atoms with Crippen molar-refractivity contribution < 1.29 is 9.59 Å². The van der Waals surface area contributed by atoms with E-state index in [1.807, 2.05) is 42.6 Å². The van der Waals surface area contributed by atoms with Crippen molar-refractivity contribution in [2.75, 3.05) is 26.0 Å². The van der Waals surface area contributed by atoms with Gasteiger partial charge in [-0.2, -0.15) is 0 Å². The molecular weight excluding hydrogens is 320 g/mol. The van der Waals surface area contributed by atoms with Crippen LogP contribution in [0.5, 0.6) is 0 Å². The Bertz CT molecular complexity index is 796. The summed E-state index contributed by atoms with van der Waals surface area (Å²) in [5, 5.41) is 10.8. The van der Waals surface area contributed by atoms with E-state index in [1.165, 1.54) is 0 Å². The number of fused-ring (bicyclic) bond motifs is 1. The number of anilines is 1. The topological polar surface area (TPSA) is 83.4 Å². The molecule has 1 aliphatic rings. The molecule has 8 nitrogen and oxygen atoms in total. The van der Waals surface area contributed by atoms with Crippen LogP contribution in [-0.4, -0.2) is 58.7 Å². The smallest absolute Gasteiger partial charge is 0.255 e. The molecule has 0 radical (unpaired) electrons. The number of rotatable bonds is 3. The minimum absolute atomic E-state index is 0.189. The van der Waals surface area contributed by atoms with Gasteiger partial charge in [-0.05, 0) is 31.2 Å². The number of aromatic nitrogens is 3. The molecule has 0 spiro atoms. The first-order chi connectivity index (χ1) is 11.9. The van der Waals surface area contributed by atoms with E-state index in [4.69, 9.17) is 0 Å². The van der Waals surface area contributed by atoms with E-state index in [1.54, 1.807) is 24.1 Å². The quantitative estimate of drug-likeness (QED) is 0.874. The monoisotopic (exact) mass is 342 g/mol. The van der Waals surface area contributed by atoms with Crippen LogP contribution >= 0.6 is 0 Å². The molecule has 2 aromatic rings. The minimum Gasteiger partial charge on any atom is -0.378 e. The van der Waals surface area contributed by atoms with Crippen LogP contribution in [0.3, 0.4) is 0 Å². The predicted octanol–water partition coefficient (Wildman–Crippen LogP) is 0.423. The van der Waals surface area contributed by atoms with Crippen LogP contribution in [0, 0.1) is 6.92 Å². The molecule has 2 heterocycles. The highest BCUT2D eigenvalue weighted by Crippen LogP contribution is 2.21. The largest absolute Gasteiger partial charge is 0.378 e. The van der Waals surface area contributed by atoms with Crippen molar-refractivity contribution in [1.82, 2.24) is 25.0 Å². The molecule has 1 N–H and O–H groups in total. The number of hydrogen-bond donors (Lipinski definition) is 1. The number of carbonyl (C=O) groups is 2. The second-order valence-electron chi connectivity index (χ2n) is 6.28. The van der Waals surface area contributed by atoms with Gasteiger partial charge in [-0.1, -0.05) is 0 Å². The van der Waals surface area contributed by atoms with Crippen molar-refractivity contribution in [3.63, 3.8) is 0 Å². The molecule has 8 heteroatoms. The maximum absolute atomic E-state index is 13.0. The summed E-state index contributed by atoms with van der Waals surface area (Å²) in [5.41, 5.74) is 1.55. The second-order valence-corrected chi connectivity index (χ2v) is 6.28. The fraction of sp³-hybridized carbons (Fsp3) is 0.412. The normalized spacial score (nSPS) is 16.3. The molecule has 132 valence electrons. The van der Waals surface area contributed by atoms with Gasteiger partial charge in [-0.3, -0.25) is 9.59 Å². The summed E-state index contributed by atoms with van der Waals surface area (Å²) in [6.07, 6.45) is 0. The van der Waals surface area contributed by atoms with Gasteiger partial charge in [0.15, 0.2) is 5.82 Å². The van der Waals surface area contributed by atoms with E-state index in [-0.39, 0.29) is 18.4 Å². The molecular formula is C17H22N6O2. The molecule has 25 heavy (non-hydrogen) atoms. The standard InChI is InChI=1S/C17H22N6O2/c1-11-19-20-15-10-23(14(9-22(11)15)16(24)18-2)17(25)12-5-7-13(8-6-12)21(3)4/h5-8,14H,9-10H2,1-4H3,(H,18,24). The third-order valence-electron chi connectivity index (χ3n) is 4.50. The summed E-state index contributed by atoms with van der Waals surface area (Å²) in [6.45, 7) is 2.46. The molecule has 1 aromatic carbocycles. The van der Waals surface area contributed by atoms with Crippen LogP contribution in [0.4, 0.5) is 5.69 Å². The van der Waals surface area contributed by atoms with Crippen LogP contribution in [0.2, 0.25) is 0 Å². The summed E-state index contributed by atoms with van der Waals surface area (Å²) in [7, 11) is 5.46. The maximum Gasteiger partial charge on any atom is 0.255 e. The Morgan fingerprint density at radius 3 is 2.48 bits per heavy atom. The summed E-state index contributed by atoms with van der Waals surface area (Å²) in [4.78, 5) is 28.9. The zero-order valence-corrected chi connectivity index (χ0v) is 14.9. The third-order valence-corrected chi connectivity index (χ3v) is 4.50. The molecule has 1 aromatic heterocycles. The zero-order valence-electron chi connectivity index (χ0n) is 14.9. The molecule has 0 saturated carbocycles. The number of amides is 2. The number of carbonyl (C=O) groups excluding carboxylic acids is 2. The fourth-order valence-electron chi connectivity index (χ4n) is 2.99. The number of benzene rings is 1. The van der Waals surface area contributed by atoms with Crippen LogP contribution in [0.25, 0.3) is 0 Å². The molecule has 0 fully saturated rings. The predicted molar refractivity (Wildman–Crippen MR) is 93.3 cm³/mol. The Hall–Kier alpha value is -2.90. The van der Waals surface area contributed by atoms with Crippen molar-refractivity contribution in [2.24, 2.45) is 0 Å². The van der Waals surface area contributed by atoms with Crippen molar-refractivity contribution in [3.8, 4) is 0 Å². The summed E-state index contributed by atoms with van der Waals surface area (Å²) in [6, 6.07) is 6.75. The average molecular weight is 342 g/mol. The van der Waals surface area contributed by atoms with Crippen molar-refractivity contribution in [2.45, 2.75) is 26.1 Å². The van der Waals surface area contributed by atoms with Gasteiger partial charge >= 0.3 is 0 Å². The summed E-state index contributed by atoms with van der Waals surface area (Å²) >= 11 is 0. The average Bonchev–Trinajstić information content (AvgIpc) is 2.99. The minimum atomic E-state index is -0.590. The van der Waals surface area contributed by atoms with Gasteiger partial charge in [0, 0.05) is 32.4 Å². The molecule has 3 rings (SSSR count). The molecule has 1 aliphatic heterocycles. The molecule has 2 amide bonds. The van der Waals surface area contributed by atoms with Crippen LogP contribution < -0.4 is 10.2 Å². The Kier molecular flexibility index (Phi) is 4.43. The van der Waals surface area contributed by atoms with E-state index in [0.29, 0.717) is 17.9 Å². The van der Waals surface area contributed by atoms with E-state index < -0.39 is 6.04 Å². The van der Waals surface area contributed by atoms with Crippen molar-refractivity contribution in [3.05, 3.63) is 41.5 Å². The Morgan fingerprint density at radius 2 is 1.88 bits per heavy atom. The number of nitrogens with zero attached hydrogens (tertiary/aromatic N) is 5. The molecule has 1 unspecified atom stereocenters. The van der Waals surface area contributed by atoms with E-state index >= 15 is 0 Å². The SMILES string of the molecule is CNC(=O)C1Cn2c(C)nnc2CN1C(=O)c1ccc(N(C)C)cc1. The first kappa shape index (κ1) is 16.9. The van der Waals surface area contributed by atoms with Gasteiger partial charge in [0.05, 0.1) is 13.1 Å². The molecule has 0 aliphatic carbocycles. The Balaban J connectivity index is 1.92. The van der Waals surface area contributed by atoms with Gasteiger partial charge in [0.1, 0.15) is 11.9 Å². The van der Waals surface area contributed by atoms with Crippen LogP contribution in [0.15, 0.2) is 24.3 Å². The molecule has 0 bridgehead atoms. The van der Waals surface area contributed by atoms with Gasteiger partial charge in [-0.15, -0.1) is 10.2 Å². The highest BCUT2D eigenvalue weighted by molar-refractivity contribution is 5.97. The first-order valence-electron chi connectivity index (χ1n) is 8.11.